The zero-order valence-corrected chi connectivity index (χ0v) is 12.2. The van der Waals surface area contributed by atoms with Gasteiger partial charge in [0.1, 0.15) is 5.75 Å². The average molecular weight is 274 g/mol. The maximum atomic E-state index is 11.0. The van der Waals surface area contributed by atoms with Gasteiger partial charge < -0.3 is 9.84 Å². The van der Waals surface area contributed by atoms with Crippen LogP contribution in [-0.2, 0) is 4.79 Å². The second-order valence-electron chi connectivity index (χ2n) is 4.64. The lowest BCUT2D eigenvalue weighted by Crippen LogP contribution is -2.07. The fraction of sp³-hybridized carbons (Fsp3) is 0.471. The molecule has 3 nitrogen and oxygen atoms in total. The van der Waals surface area contributed by atoms with E-state index in [4.69, 9.17) is 9.84 Å². The van der Waals surface area contributed by atoms with Crippen molar-refractivity contribution >= 4 is 5.97 Å². The van der Waals surface area contributed by atoms with Crippen LogP contribution in [0, 0.1) is 11.8 Å². The Kier molecular flexibility index (Phi) is 7.27. The van der Waals surface area contributed by atoms with Crippen molar-refractivity contribution in [3.8, 4) is 17.6 Å². The van der Waals surface area contributed by atoms with Crippen molar-refractivity contribution in [2.24, 2.45) is 0 Å². The first-order valence-electron chi connectivity index (χ1n) is 7.04. The van der Waals surface area contributed by atoms with Crippen LogP contribution in [0.5, 0.6) is 5.75 Å². The van der Waals surface area contributed by atoms with E-state index >= 15 is 0 Å². The van der Waals surface area contributed by atoms with E-state index in [1.165, 1.54) is 0 Å². The van der Waals surface area contributed by atoms with Crippen LogP contribution in [0.2, 0.25) is 0 Å². The molecule has 1 aromatic carbocycles. The molecule has 0 heterocycles. The van der Waals surface area contributed by atoms with Crippen molar-refractivity contribution in [3.63, 3.8) is 0 Å². The zero-order valence-electron chi connectivity index (χ0n) is 12.2. The molecule has 20 heavy (non-hydrogen) atoms. The Labute approximate surface area is 121 Å². The van der Waals surface area contributed by atoms with E-state index in [0.29, 0.717) is 6.61 Å². The lowest BCUT2D eigenvalue weighted by Gasteiger charge is -2.15. The Bertz CT molecular complexity index is 482. The van der Waals surface area contributed by atoms with Gasteiger partial charge in [0.15, 0.2) is 0 Å². The number of para-hydroxylation sites is 1. The molecule has 0 aliphatic rings. The first kappa shape index (κ1) is 16.1. The van der Waals surface area contributed by atoms with E-state index in [1.807, 2.05) is 24.3 Å². The summed E-state index contributed by atoms with van der Waals surface area (Å²) in [6, 6.07) is 7.57. The number of carboxylic acid groups (broad SMARTS) is 1. The predicted molar refractivity (Wildman–Crippen MR) is 79.9 cm³/mol. The fourth-order valence-corrected chi connectivity index (χ4v) is 2.02. The van der Waals surface area contributed by atoms with E-state index in [9.17, 15) is 4.79 Å². The molecule has 108 valence electrons. The van der Waals surface area contributed by atoms with Gasteiger partial charge in [0.05, 0.1) is 18.9 Å². The second-order valence-corrected chi connectivity index (χ2v) is 4.64. The van der Waals surface area contributed by atoms with Crippen molar-refractivity contribution in [3.05, 3.63) is 29.8 Å². The van der Waals surface area contributed by atoms with E-state index in [2.05, 4.69) is 18.8 Å². The summed E-state index contributed by atoms with van der Waals surface area (Å²) in [6.07, 6.45) is 3.29. The first-order valence-corrected chi connectivity index (χ1v) is 7.04. The standard InChI is InChI=1S/C17H22O3/c1-3-5-8-12-20-16-11-7-6-10-15(16)14(9-4-2)13-17(18)19/h6-7,10-11,14H,3,5,8,12-13H2,1-2H3,(H,18,19)/t14-/m1/s1. The Morgan fingerprint density at radius 3 is 2.75 bits per heavy atom. The van der Waals surface area contributed by atoms with Crippen LogP contribution in [0.25, 0.3) is 0 Å². The lowest BCUT2D eigenvalue weighted by atomic mass is 9.95. The molecule has 0 unspecified atom stereocenters. The molecule has 0 bridgehead atoms. The van der Waals surface area contributed by atoms with Gasteiger partial charge in [-0.1, -0.05) is 43.9 Å². The number of hydrogen-bond donors (Lipinski definition) is 1. The molecule has 1 atom stereocenters. The molecule has 0 saturated heterocycles. The van der Waals surface area contributed by atoms with Crippen molar-refractivity contribution in [1.29, 1.82) is 0 Å². The van der Waals surface area contributed by atoms with Crippen LogP contribution in [-0.4, -0.2) is 17.7 Å². The largest absolute Gasteiger partial charge is 0.493 e. The van der Waals surface area contributed by atoms with Crippen molar-refractivity contribution in [2.75, 3.05) is 6.61 Å². The summed E-state index contributed by atoms with van der Waals surface area (Å²) in [5.41, 5.74) is 0.862. The van der Waals surface area contributed by atoms with Gasteiger partial charge in [-0.25, -0.2) is 0 Å². The van der Waals surface area contributed by atoms with Crippen LogP contribution >= 0.6 is 0 Å². The molecule has 0 radical (unpaired) electrons. The Morgan fingerprint density at radius 2 is 2.10 bits per heavy atom. The van der Waals surface area contributed by atoms with Gasteiger partial charge in [-0.05, 0) is 19.4 Å². The van der Waals surface area contributed by atoms with Crippen LogP contribution in [0.4, 0.5) is 0 Å². The molecule has 0 amide bonds. The van der Waals surface area contributed by atoms with Gasteiger partial charge in [0.25, 0.3) is 0 Å². The third kappa shape index (κ3) is 5.36. The topological polar surface area (TPSA) is 46.5 Å². The van der Waals surface area contributed by atoms with Crippen LogP contribution < -0.4 is 4.74 Å². The molecule has 0 aliphatic heterocycles. The zero-order chi connectivity index (χ0) is 14.8. The molecular weight excluding hydrogens is 252 g/mol. The second kappa shape index (κ2) is 9.03. The SMILES string of the molecule is CC#C[C@H](CC(=O)O)c1ccccc1OCCCCC. The van der Waals surface area contributed by atoms with Crippen LogP contribution in [0.15, 0.2) is 24.3 Å². The van der Waals surface area contributed by atoms with Crippen molar-refractivity contribution in [1.82, 2.24) is 0 Å². The molecule has 3 heteroatoms. The fourth-order valence-electron chi connectivity index (χ4n) is 2.02. The highest BCUT2D eigenvalue weighted by Crippen LogP contribution is 2.29. The minimum absolute atomic E-state index is 0.00380. The van der Waals surface area contributed by atoms with E-state index < -0.39 is 5.97 Å². The quantitative estimate of drug-likeness (QED) is 0.578. The molecule has 0 aromatic heterocycles. The van der Waals surface area contributed by atoms with Gasteiger partial charge in [0.2, 0.25) is 0 Å². The number of hydrogen-bond acceptors (Lipinski definition) is 2. The summed E-state index contributed by atoms with van der Waals surface area (Å²) in [4.78, 5) is 11.0. The number of benzene rings is 1. The highest BCUT2D eigenvalue weighted by Gasteiger charge is 2.17. The van der Waals surface area contributed by atoms with E-state index in [1.54, 1.807) is 6.92 Å². The molecule has 0 fully saturated rings. The number of rotatable bonds is 8. The van der Waals surface area contributed by atoms with Gasteiger partial charge in [-0.15, -0.1) is 5.92 Å². The summed E-state index contributed by atoms with van der Waals surface area (Å²) in [6.45, 7) is 4.53. The highest BCUT2D eigenvalue weighted by molar-refractivity contribution is 5.69. The maximum Gasteiger partial charge on any atom is 0.304 e. The summed E-state index contributed by atoms with van der Waals surface area (Å²) in [5, 5.41) is 9.00. The number of carbonyl (C=O) groups is 1. The van der Waals surface area contributed by atoms with Gasteiger partial charge in [-0.3, -0.25) is 4.79 Å². The molecule has 1 aromatic rings. The van der Waals surface area contributed by atoms with Gasteiger partial charge >= 0.3 is 5.97 Å². The molecule has 0 spiro atoms. The lowest BCUT2D eigenvalue weighted by molar-refractivity contribution is -0.137. The molecule has 1 rings (SSSR count). The average Bonchev–Trinajstić information content (AvgIpc) is 2.43. The maximum absolute atomic E-state index is 11.0. The predicted octanol–water partition coefficient (Wildman–Crippen LogP) is 3.84. The number of unbranched alkanes of at least 4 members (excludes halogenated alkanes) is 2. The molecular formula is C17H22O3. The molecule has 0 aliphatic carbocycles. The van der Waals surface area contributed by atoms with E-state index in [0.717, 1.165) is 30.6 Å². The van der Waals surface area contributed by atoms with Crippen LogP contribution in [0.3, 0.4) is 0 Å². The third-order valence-electron chi connectivity index (χ3n) is 3.00. The molecule has 1 N–H and O–H groups in total. The summed E-state index contributed by atoms with van der Waals surface area (Å²) in [7, 11) is 0. The third-order valence-corrected chi connectivity index (χ3v) is 3.00. The van der Waals surface area contributed by atoms with Crippen molar-refractivity contribution < 1.29 is 14.6 Å². The highest BCUT2D eigenvalue weighted by atomic mass is 16.5. The Morgan fingerprint density at radius 1 is 1.35 bits per heavy atom. The first-order chi connectivity index (χ1) is 9.69. The number of carboxylic acids is 1. The minimum Gasteiger partial charge on any atom is -0.493 e. The van der Waals surface area contributed by atoms with Crippen LogP contribution in [0.1, 0.15) is 51.0 Å². The minimum atomic E-state index is -0.849. The Balaban J connectivity index is 2.84. The van der Waals surface area contributed by atoms with E-state index in [-0.39, 0.29) is 12.3 Å². The smallest absolute Gasteiger partial charge is 0.304 e. The summed E-state index contributed by atoms with van der Waals surface area (Å²) >= 11 is 0. The van der Waals surface area contributed by atoms with Gasteiger partial charge in [0, 0.05) is 5.56 Å². The van der Waals surface area contributed by atoms with Crippen molar-refractivity contribution in [2.45, 2.75) is 45.4 Å². The number of aliphatic carboxylic acids is 1. The summed E-state index contributed by atoms with van der Waals surface area (Å²) < 4.78 is 5.79. The normalized spacial score (nSPS) is 11.3. The van der Waals surface area contributed by atoms with Gasteiger partial charge in [-0.2, -0.15) is 0 Å². The monoisotopic (exact) mass is 274 g/mol. The summed E-state index contributed by atoms with van der Waals surface area (Å²) in [5.74, 6) is 5.35. The Hall–Kier alpha value is -1.95. The number of ether oxygens (including phenoxy) is 1. The molecule has 0 saturated carbocycles.